The van der Waals surface area contributed by atoms with Crippen LogP contribution in [0.1, 0.15) is 28.7 Å². The van der Waals surface area contributed by atoms with Crippen LogP contribution in [0.25, 0.3) is 22.8 Å². The standard InChI is InChI=1S/C35H44N8O8S3/c1-52(44,45)23-29-20-31(41-12-16-50-17-13-41)39-34(37-29)27-6-4-25(5-7-27)22-43(54(3,48)49)33(36)26-8-10-28(11-9-26)35-38-30(24-53(2,46)47)21-32(40-35)42-14-18-51-19-15-42/h4-11,20-21,33H,12-19,22-24,36H2,1-3H3. The van der Waals surface area contributed by atoms with Crippen LogP contribution in [-0.4, -0.2) is 121 Å². The highest BCUT2D eigenvalue weighted by Gasteiger charge is 2.26. The van der Waals surface area contributed by atoms with Gasteiger partial charge in [-0.15, -0.1) is 0 Å². The molecule has 54 heavy (non-hydrogen) atoms. The first-order chi connectivity index (χ1) is 25.5. The number of morpholine rings is 2. The zero-order chi connectivity index (χ0) is 38.7. The van der Waals surface area contributed by atoms with E-state index in [9.17, 15) is 25.3 Å². The first-order valence-electron chi connectivity index (χ1n) is 17.2. The van der Waals surface area contributed by atoms with Gasteiger partial charge in [0, 0.05) is 68.5 Å². The highest BCUT2D eigenvalue weighted by molar-refractivity contribution is 7.90. The van der Waals surface area contributed by atoms with Gasteiger partial charge in [0.15, 0.2) is 31.3 Å². The monoisotopic (exact) mass is 800 g/mol. The normalized spacial score (nSPS) is 16.5. The Morgan fingerprint density at radius 3 is 1.44 bits per heavy atom. The molecule has 0 radical (unpaired) electrons. The minimum atomic E-state index is -3.80. The van der Waals surface area contributed by atoms with E-state index in [0.717, 1.165) is 18.8 Å². The van der Waals surface area contributed by atoms with Crippen LogP contribution in [0, 0.1) is 0 Å². The van der Waals surface area contributed by atoms with Gasteiger partial charge in [-0.1, -0.05) is 48.5 Å². The number of aromatic nitrogens is 4. The van der Waals surface area contributed by atoms with Crippen LogP contribution in [0.15, 0.2) is 60.7 Å². The molecule has 2 aliphatic rings. The van der Waals surface area contributed by atoms with E-state index in [0.29, 0.717) is 110 Å². The van der Waals surface area contributed by atoms with E-state index >= 15 is 0 Å². The summed E-state index contributed by atoms with van der Waals surface area (Å²) in [6.45, 7) is 4.52. The first-order valence-corrected chi connectivity index (χ1v) is 23.2. The third-order valence-electron chi connectivity index (χ3n) is 8.82. The summed E-state index contributed by atoms with van der Waals surface area (Å²) in [5.41, 5.74) is 9.76. The molecule has 1 atom stereocenters. The molecule has 0 amide bonds. The van der Waals surface area contributed by atoms with Gasteiger partial charge in [0.25, 0.3) is 0 Å². The van der Waals surface area contributed by atoms with Gasteiger partial charge < -0.3 is 25.0 Å². The summed E-state index contributed by atoms with van der Waals surface area (Å²) >= 11 is 0. The molecule has 6 rings (SSSR count). The Kier molecular flexibility index (Phi) is 12.0. The van der Waals surface area contributed by atoms with Gasteiger partial charge in [-0.25, -0.2) is 45.2 Å². The van der Waals surface area contributed by atoms with E-state index in [2.05, 4.69) is 9.97 Å². The van der Waals surface area contributed by atoms with Gasteiger partial charge in [-0.05, 0) is 11.1 Å². The average molecular weight is 801 g/mol. The molecule has 19 heteroatoms. The van der Waals surface area contributed by atoms with Crippen molar-refractivity contribution in [1.82, 2.24) is 24.2 Å². The summed E-state index contributed by atoms with van der Waals surface area (Å²) in [5.74, 6) is 1.41. The van der Waals surface area contributed by atoms with Crippen molar-refractivity contribution in [3.8, 4) is 22.8 Å². The maximum absolute atomic E-state index is 13.1. The third-order valence-corrected chi connectivity index (χ3v) is 11.7. The fraction of sp³-hybridized carbons (Fsp3) is 0.429. The summed E-state index contributed by atoms with van der Waals surface area (Å²) in [4.78, 5) is 22.6. The second-order valence-corrected chi connectivity index (χ2v) is 19.7. The minimum absolute atomic E-state index is 0.0322. The molecule has 0 aliphatic carbocycles. The van der Waals surface area contributed by atoms with Crippen LogP contribution in [0.4, 0.5) is 11.6 Å². The van der Waals surface area contributed by atoms with Gasteiger partial charge in [-0.3, -0.25) is 0 Å². The number of sulfonamides is 1. The van der Waals surface area contributed by atoms with Gasteiger partial charge >= 0.3 is 0 Å². The number of benzene rings is 2. The molecule has 2 aliphatic heterocycles. The summed E-state index contributed by atoms with van der Waals surface area (Å²) in [5, 5.41) is 0. The Balaban J connectivity index is 1.23. The van der Waals surface area contributed by atoms with Gasteiger partial charge in [0.2, 0.25) is 10.0 Å². The van der Waals surface area contributed by atoms with Crippen molar-refractivity contribution in [2.24, 2.45) is 5.73 Å². The molecule has 4 heterocycles. The Bertz CT molecular complexity index is 2280. The van der Waals surface area contributed by atoms with Crippen LogP contribution in [-0.2, 0) is 57.2 Å². The lowest BCUT2D eigenvalue weighted by molar-refractivity contribution is 0.122. The van der Waals surface area contributed by atoms with Crippen molar-refractivity contribution in [2.75, 3.05) is 81.2 Å². The molecule has 2 aromatic carbocycles. The molecule has 2 saturated heterocycles. The molecule has 2 N–H and O–H groups in total. The van der Waals surface area contributed by atoms with E-state index in [-0.39, 0.29) is 18.1 Å². The fourth-order valence-corrected chi connectivity index (χ4v) is 8.46. The number of hydrogen-bond acceptors (Lipinski definition) is 15. The molecule has 1 unspecified atom stereocenters. The van der Waals surface area contributed by atoms with Crippen molar-refractivity contribution in [1.29, 1.82) is 0 Å². The number of ether oxygens (including phenoxy) is 2. The summed E-state index contributed by atoms with van der Waals surface area (Å²) < 4.78 is 86.8. The molecule has 0 spiro atoms. The quantitative estimate of drug-likeness (QED) is 0.191. The van der Waals surface area contributed by atoms with Crippen LogP contribution < -0.4 is 15.5 Å². The summed E-state index contributed by atoms with van der Waals surface area (Å²) in [6.07, 6.45) is 2.37. The Labute approximate surface area is 316 Å². The second-order valence-electron chi connectivity index (χ2n) is 13.5. The van der Waals surface area contributed by atoms with E-state index in [1.54, 1.807) is 60.7 Å². The zero-order valence-corrected chi connectivity index (χ0v) is 32.8. The number of anilines is 2. The van der Waals surface area contributed by atoms with E-state index in [4.69, 9.17) is 25.2 Å². The van der Waals surface area contributed by atoms with E-state index < -0.39 is 35.9 Å². The maximum atomic E-state index is 13.1. The second kappa shape index (κ2) is 16.3. The van der Waals surface area contributed by atoms with Crippen molar-refractivity contribution in [3.63, 3.8) is 0 Å². The molecule has 16 nitrogen and oxygen atoms in total. The topological polar surface area (TPSA) is 208 Å². The molecule has 0 saturated carbocycles. The molecule has 2 aromatic heterocycles. The highest BCUT2D eigenvalue weighted by Crippen LogP contribution is 2.28. The lowest BCUT2D eigenvalue weighted by Gasteiger charge is -2.28. The highest BCUT2D eigenvalue weighted by atomic mass is 32.2. The third kappa shape index (κ3) is 10.6. The minimum Gasteiger partial charge on any atom is -0.378 e. The zero-order valence-electron chi connectivity index (χ0n) is 30.3. The molecule has 290 valence electrons. The van der Waals surface area contributed by atoms with Gasteiger partial charge in [0.05, 0.1) is 61.7 Å². The lowest BCUT2D eigenvalue weighted by Crippen LogP contribution is -2.38. The number of nitrogens with zero attached hydrogens (tertiary/aromatic N) is 7. The average Bonchev–Trinajstić information content (AvgIpc) is 3.12. The Morgan fingerprint density at radius 2 is 1.06 bits per heavy atom. The maximum Gasteiger partial charge on any atom is 0.213 e. The summed E-state index contributed by atoms with van der Waals surface area (Å²) in [6, 6.07) is 17.3. The molecular weight excluding hydrogens is 757 g/mol. The van der Waals surface area contributed by atoms with Crippen molar-refractivity contribution < 1.29 is 34.7 Å². The Hall–Kier alpha value is -4.11. The van der Waals surface area contributed by atoms with E-state index in [1.165, 1.54) is 4.31 Å². The lowest BCUT2D eigenvalue weighted by atomic mass is 10.1. The van der Waals surface area contributed by atoms with E-state index in [1.807, 2.05) is 9.80 Å². The molecule has 4 aromatic rings. The van der Waals surface area contributed by atoms with Crippen LogP contribution in [0.2, 0.25) is 0 Å². The Morgan fingerprint density at radius 1 is 0.648 bits per heavy atom. The molecule has 2 fully saturated rings. The first kappa shape index (κ1) is 39.6. The van der Waals surface area contributed by atoms with Crippen molar-refractivity contribution >= 4 is 41.3 Å². The number of nitrogens with two attached hydrogens (primary N) is 1. The van der Waals surface area contributed by atoms with Crippen LogP contribution in [0.5, 0.6) is 0 Å². The van der Waals surface area contributed by atoms with Crippen LogP contribution >= 0.6 is 0 Å². The number of rotatable bonds is 13. The van der Waals surface area contributed by atoms with Crippen molar-refractivity contribution in [3.05, 3.63) is 83.2 Å². The largest absolute Gasteiger partial charge is 0.378 e. The molecular formula is C35H44N8O8S3. The van der Waals surface area contributed by atoms with Gasteiger partial charge in [-0.2, -0.15) is 4.31 Å². The van der Waals surface area contributed by atoms with Crippen molar-refractivity contribution in [2.45, 2.75) is 24.2 Å². The fourth-order valence-electron chi connectivity index (χ4n) is 6.18. The summed E-state index contributed by atoms with van der Waals surface area (Å²) in [7, 11) is -10.5. The smallest absolute Gasteiger partial charge is 0.213 e. The SMILES string of the molecule is CS(=O)(=O)Cc1cc(N2CCOCC2)nc(-c2ccc(CN(C(N)c3ccc(-c4nc(CS(C)(=O)=O)cc(N5CCOCC5)n4)cc3)S(C)(=O)=O)cc2)n1. The predicted octanol–water partition coefficient (Wildman–Crippen LogP) is 1.78. The molecule has 0 bridgehead atoms. The van der Waals surface area contributed by atoms with Gasteiger partial charge in [0.1, 0.15) is 11.6 Å². The van der Waals surface area contributed by atoms with Crippen LogP contribution in [0.3, 0.4) is 0 Å². The predicted molar refractivity (Wildman–Crippen MR) is 205 cm³/mol. The number of sulfone groups is 2. The number of hydrogen-bond donors (Lipinski definition) is 1.